The van der Waals surface area contributed by atoms with Crippen molar-refractivity contribution >= 4 is 0 Å². The van der Waals surface area contributed by atoms with Gasteiger partial charge in [0.25, 0.3) is 0 Å². The quantitative estimate of drug-likeness (QED) is 0.894. The van der Waals surface area contributed by atoms with Crippen molar-refractivity contribution in [2.24, 2.45) is 0 Å². The highest BCUT2D eigenvalue weighted by atomic mass is 19.1. The molecule has 0 aliphatic rings. The molecule has 0 spiro atoms. The van der Waals surface area contributed by atoms with Gasteiger partial charge in [0.05, 0.1) is 0 Å². The molecule has 0 aliphatic heterocycles. The van der Waals surface area contributed by atoms with Gasteiger partial charge in [0.15, 0.2) is 0 Å². The molecule has 0 amide bonds. The summed E-state index contributed by atoms with van der Waals surface area (Å²) in [5.41, 5.74) is 2.19. The number of aliphatic hydroxyl groups is 1. The maximum atomic E-state index is 13.5. The SMILES string of the molecule is CCOC(c1ccccc1)C(O)c1cc(C)cc(F)c1. The third-order valence-corrected chi connectivity index (χ3v) is 3.17. The topological polar surface area (TPSA) is 29.5 Å². The van der Waals surface area contributed by atoms with E-state index in [2.05, 4.69) is 0 Å². The Morgan fingerprint density at radius 2 is 1.80 bits per heavy atom. The van der Waals surface area contributed by atoms with Crippen molar-refractivity contribution in [2.45, 2.75) is 26.1 Å². The maximum Gasteiger partial charge on any atom is 0.123 e. The molecule has 20 heavy (non-hydrogen) atoms. The first kappa shape index (κ1) is 14.7. The molecule has 0 aromatic heterocycles. The second-order valence-electron chi connectivity index (χ2n) is 4.79. The molecule has 0 aliphatic carbocycles. The predicted molar refractivity (Wildman–Crippen MR) is 76.9 cm³/mol. The first-order valence-corrected chi connectivity index (χ1v) is 6.73. The highest BCUT2D eigenvalue weighted by Crippen LogP contribution is 2.32. The number of ether oxygens (including phenoxy) is 1. The molecule has 1 N–H and O–H groups in total. The average molecular weight is 274 g/mol. The van der Waals surface area contributed by atoms with Crippen LogP contribution in [0.1, 0.15) is 35.8 Å². The fourth-order valence-corrected chi connectivity index (χ4v) is 2.30. The van der Waals surface area contributed by atoms with Crippen LogP contribution >= 0.6 is 0 Å². The van der Waals surface area contributed by atoms with Crippen LogP contribution in [0, 0.1) is 12.7 Å². The number of hydrogen-bond acceptors (Lipinski definition) is 2. The minimum atomic E-state index is -0.897. The Labute approximate surface area is 118 Å². The second-order valence-corrected chi connectivity index (χ2v) is 4.79. The molecule has 2 atom stereocenters. The van der Waals surface area contributed by atoms with Gasteiger partial charge in [0.1, 0.15) is 18.0 Å². The van der Waals surface area contributed by atoms with Crippen LogP contribution < -0.4 is 0 Å². The van der Waals surface area contributed by atoms with Crippen molar-refractivity contribution in [3.05, 3.63) is 71.0 Å². The minimum Gasteiger partial charge on any atom is -0.385 e. The summed E-state index contributed by atoms with van der Waals surface area (Å²) in [6.45, 7) is 4.15. The fraction of sp³-hybridized carbons (Fsp3) is 0.294. The largest absolute Gasteiger partial charge is 0.385 e. The summed E-state index contributed by atoms with van der Waals surface area (Å²) >= 11 is 0. The molecule has 0 heterocycles. The Balaban J connectivity index is 2.33. The molecule has 2 rings (SSSR count). The Bertz CT molecular complexity index is 534. The summed E-state index contributed by atoms with van der Waals surface area (Å²) in [5, 5.41) is 10.5. The van der Waals surface area contributed by atoms with Gasteiger partial charge in [0, 0.05) is 6.61 Å². The molecule has 0 bridgehead atoms. The van der Waals surface area contributed by atoms with E-state index in [0.29, 0.717) is 12.2 Å². The fourth-order valence-electron chi connectivity index (χ4n) is 2.30. The monoisotopic (exact) mass is 274 g/mol. The van der Waals surface area contributed by atoms with Crippen LogP contribution in [0.5, 0.6) is 0 Å². The van der Waals surface area contributed by atoms with Gasteiger partial charge in [-0.25, -0.2) is 4.39 Å². The lowest BCUT2D eigenvalue weighted by atomic mass is 9.97. The highest BCUT2D eigenvalue weighted by molar-refractivity contribution is 5.29. The lowest BCUT2D eigenvalue weighted by molar-refractivity contribution is -0.0362. The van der Waals surface area contributed by atoms with Gasteiger partial charge in [-0.3, -0.25) is 0 Å². The lowest BCUT2D eigenvalue weighted by Crippen LogP contribution is -2.15. The first-order valence-electron chi connectivity index (χ1n) is 6.73. The van der Waals surface area contributed by atoms with Crippen LogP contribution in [-0.2, 0) is 4.74 Å². The molecule has 3 heteroatoms. The Morgan fingerprint density at radius 1 is 1.10 bits per heavy atom. The molecular weight excluding hydrogens is 255 g/mol. The zero-order valence-electron chi connectivity index (χ0n) is 11.7. The van der Waals surface area contributed by atoms with Gasteiger partial charge >= 0.3 is 0 Å². The minimum absolute atomic E-state index is 0.345. The van der Waals surface area contributed by atoms with E-state index in [1.54, 1.807) is 13.0 Å². The van der Waals surface area contributed by atoms with E-state index >= 15 is 0 Å². The molecule has 2 nitrogen and oxygen atoms in total. The van der Waals surface area contributed by atoms with E-state index in [1.165, 1.54) is 12.1 Å². The van der Waals surface area contributed by atoms with Gasteiger partial charge < -0.3 is 9.84 Å². The number of rotatable bonds is 5. The van der Waals surface area contributed by atoms with Gasteiger partial charge in [0.2, 0.25) is 0 Å². The number of aliphatic hydroxyl groups excluding tert-OH is 1. The van der Waals surface area contributed by atoms with Crippen molar-refractivity contribution < 1.29 is 14.2 Å². The average Bonchev–Trinajstić information content (AvgIpc) is 2.44. The predicted octanol–water partition coefficient (Wildman–Crippen LogP) is 3.95. The van der Waals surface area contributed by atoms with Crippen molar-refractivity contribution in [3.8, 4) is 0 Å². The molecule has 2 aromatic rings. The molecule has 0 saturated heterocycles. The van der Waals surface area contributed by atoms with Crippen LogP contribution in [0.3, 0.4) is 0 Å². The normalized spacial score (nSPS) is 14.0. The first-order chi connectivity index (χ1) is 9.61. The van der Waals surface area contributed by atoms with Crippen molar-refractivity contribution in [2.75, 3.05) is 6.61 Å². The third kappa shape index (κ3) is 3.44. The van der Waals surface area contributed by atoms with Crippen molar-refractivity contribution in [1.82, 2.24) is 0 Å². The Kier molecular flexibility index (Phi) is 4.88. The van der Waals surface area contributed by atoms with Gasteiger partial charge in [-0.05, 0) is 42.7 Å². The van der Waals surface area contributed by atoms with E-state index in [9.17, 15) is 9.50 Å². The Hall–Kier alpha value is -1.71. The van der Waals surface area contributed by atoms with Crippen LogP contribution in [-0.4, -0.2) is 11.7 Å². The summed E-state index contributed by atoms with van der Waals surface area (Å²) < 4.78 is 19.1. The third-order valence-electron chi connectivity index (χ3n) is 3.17. The number of hydrogen-bond donors (Lipinski definition) is 1. The van der Waals surface area contributed by atoms with E-state index in [4.69, 9.17) is 4.74 Å². The molecule has 2 aromatic carbocycles. The molecule has 2 unspecified atom stereocenters. The lowest BCUT2D eigenvalue weighted by Gasteiger charge is -2.24. The smallest absolute Gasteiger partial charge is 0.123 e. The molecule has 0 radical (unpaired) electrons. The summed E-state index contributed by atoms with van der Waals surface area (Å²) in [5.74, 6) is -0.345. The van der Waals surface area contributed by atoms with Gasteiger partial charge in [-0.1, -0.05) is 36.4 Å². The zero-order chi connectivity index (χ0) is 14.5. The molecular formula is C17H19FO2. The van der Waals surface area contributed by atoms with E-state index in [-0.39, 0.29) is 5.82 Å². The van der Waals surface area contributed by atoms with Crippen molar-refractivity contribution in [1.29, 1.82) is 0 Å². The summed E-state index contributed by atoms with van der Waals surface area (Å²) in [7, 11) is 0. The van der Waals surface area contributed by atoms with Crippen LogP contribution in [0.4, 0.5) is 4.39 Å². The van der Waals surface area contributed by atoms with Gasteiger partial charge in [-0.15, -0.1) is 0 Å². The summed E-state index contributed by atoms with van der Waals surface area (Å²) in [6.07, 6.45) is -1.39. The van der Waals surface area contributed by atoms with Crippen LogP contribution in [0.2, 0.25) is 0 Å². The van der Waals surface area contributed by atoms with E-state index < -0.39 is 12.2 Å². The standard InChI is InChI=1S/C17H19FO2/c1-3-20-17(13-7-5-4-6-8-13)16(19)14-9-12(2)10-15(18)11-14/h4-11,16-17,19H,3H2,1-2H3. The Morgan fingerprint density at radius 3 is 2.40 bits per heavy atom. The van der Waals surface area contributed by atoms with Crippen LogP contribution in [0.25, 0.3) is 0 Å². The van der Waals surface area contributed by atoms with E-state index in [1.807, 2.05) is 37.3 Å². The molecule has 106 valence electrons. The van der Waals surface area contributed by atoms with Crippen LogP contribution in [0.15, 0.2) is 48.5 Å². The molecule has 0 fully saturated rings. The van der Waals surface area contributed by atoms with E-state index in [0.717, 1.165) is 11.1 Å². The zero-order valence-corrected chi connectivity index (χ0v) is 11.7. The maximum absolute atomic E-state index is 13.5. The summed E-state index contributed by atoms with van der Waals surface area (Å²) in [4.78, 5) is 0. The second kappa shape index (κ2) is 6.64. The molecule has 0 saturated carbocycles. The highest BCUT2D eigenvalue weighted by Gasteiger charge is 2.23. The number of halogens is 1. The number of aryl methyl sites for hydroxylation is 1. The summed E-state index contributed by atoms with van der Waals surface area (Å²) in [6, 6.07) is 14.1. The number of benzene rings is 2. The van der Waals surface area contributed by atoms with Gasteiger partial charge in [-0.2, -0.15) is 0 Å². The van der Waals surface area contributed by atoms with Crippen molar-refractivity contribution in [3.63, 3.8) is 0 Å².